The van der Waals surface area contributed by atoms with Crippen molar-refractivity contribution in [3.05, 3.63) is 22.3 Å². The summed E-state index contributed by atoms with van der Waals surface area (Å²) in [5, 5.41) is 4.47. The van der Waals surface area contributed by atoms with Crippen molar-refractivity contribution in [3.8, 4) is 0 Å². The third-order valence-electron chi connectivity index (χ3n) is 4.06. The Morgan fingerprint density at radius 3 is 2.78 bits per heavy atom. The number of carbonyl (C=O) groups is 1. The monoisotopic (exact) mass is 265 g/mol. The van der Waals surface area contributed by atoms with E-state index in [-0.39, 0.29) is 11.2 Å². The Morgan fingerprint density at radius 1 is 1.44 bits per heavy atom. The summed E-state index contributed by atoms with van der Waals surface area (Å²) in [6.45, 7) is 6.90. The van der Waals surface area contributed by atoms with E-state index in [1.54, 1.807) is 6.08 Å². The van der Waals surface area contributed by atoms with Gasteiger partial charge in [-0.15, -0.1) is 11.8 Å². The van der Waals surface area contributed by atoms with Crippen molar-refractivity contribution in [2.45, 2.75) is 51.7 Å². The molecule has 1 unspecified atom stereocenters. The molecule has 0 radical (unpaired) electrons. The van der Waals surface area contributed by atoms with Gasteiger partial charge in [0.05, 0.1) is 5.03 Å². The van der Waals surface area contributed by atoms with Crippen LogP contribution in [0.25, 0.3) is 0 Å². The van der Waals surface area contributed by atoms with Crippen LogP contribution in [0, 0.1) is 5.41 Å². The van der Waals surface area contributed by atoms with Crippen LogP contribution in [0.1, 0.15) is 46.5 Å². The van der Waals surface area contributed by atoms with E-state index in [0.717, 1.165) is 5.03 Å². The summed E-state index contributed by atoms with van der Waals surface area (Å²) in [5.41, 5.74) is 3.28. The van der Waals surface area contributed by atoms with E-state index < -0.39 is 0 Å². The van der Waals surface area contributed by atoms with Crippen LogP contribution in [0.3, 0.4) is 0 Å². The molecule has 18 heavy (non-hydrogen) atoms. The van der Waals surface area contributed by atoms with Gasteiger partial charge in [-0.05, 0) is 31.6 Å². The number of hydrogen-bond donors (Lipinski definition) is 1. The molecule has 0 aromatic carbocycles. The van der Waals surface area contributed by atoms with Crippen LogP contribution in [-0.4, -0.2) is 18.1 Å². The van der Waals surface area contributed by atoms with E-state index in [2.05, 4.69) is 26.1 Å². The minimum absolute atomic E-state index is 0.246. The van der Waals surface area contributed by atoms with Gasteiger partial charge >= 0.3 is 0 Å². The number of nitrogens with one attached hydrogen (secondary N) is 1. The lowest BCUT2D eigenvalue weighted by molar-refractivity contribution is -0.114. The molecule has 0 spiro atoms. The van der Waals surface area contributed by atoms with Crippen molar-refractivity contribution in [1.29, 1.82) is 0 Å². The first-order chi connectivity index (χ1) is 8.44. The fourth-order valence-corrected chi connectivity index (χ4v) is 4.77. The van der Waals surface area contributed by atoms with Crippen LogP contribution in [0.2, 0.25) is 0 Å². The van der Waals surface area contributed by atoms with Gasteiger partial charge in [0.15, 0.2) is 5.78 Å². The first-order valence-corrected chi connectivity index (χ1v) is 7.61. The molecular formula is C15H23NOS. The van der Waals surface area contributed by atoms with Crippen LogP contribution in [0.5, 0.6) is 0 Å². The summed E-state index contributed by atoms with van der Waals surface area (Å²) in [6.07, 6.45) is 6.12. The maximum absolute atomic E-state index is 11.9. The van der Waals surface area contributed by atoms with Crippen molar-refractivity contribution in [2.24, 2.45) is 5.41 Å². The molecule has 0 bridgehead atoms. The molecule has 2 rings (SSSR count). The van der Waals surface area contributed by atoms with Gasteiger partial charge in [-0.2, -0.15) is 0 Å². The molecule has 2 aliphatic rings. The van der Waals surface area contributed by atoms with Crippen molar-refractivity contribution in [1.82, 2.24) is 5.32 Å². The van der Waals surface area contributed by atoms with E-state index in [1.165, 1.54) is 30.4 Å². The quantitative estimate of drug-likeness (QED) is 0.773. The number of ketones is 1. The molecule has 0 aromatic heterocycles. The van der Waals surface area contributed by atoms with Crippen LogP contribution < -0.4 is 5.32 Å². The van der Waals surface area contributed by atoms with Gasteiger partial charge in [0.1, 0.15) is 0 Å². The van der Waals surface area contributed by atoms with Gasteiger partial charge in [0.2, 0.25) is 0 Å². The summed E-state index contributed by atoms with van der Waals surface area (Å²) >= 11 is 1.82. The summed E-state index contributed by atoms with van der Waals surface area (Å²) in [7, 11) is 1.89. The van der Waals surface area contributed by atoms with E-state index in [9.17, 15) is 4.79 Å². The van der Waals surface area contributed by atoms with Crippen LogP contribution in [0.15, 0.2) is 22.3 Å². The van der Waals surface area contributed by atoms with Crippen LogP contribution >= 0.6 is 11.8 Å². The zero-order valence-corrected chi connectivity index (χ0v) is 12.6. The van der Waals surface area contributed by atoms with Crippen molar-refractivity contribution in [2.75, 3.05) is 7.05 Å². The molecule has 2 nitrogen and oxygen atoms in total. The lowest BCUT2D eigenvalue weighted by Crippen LogP contribution is -2.31. The van der Waals surface area contributed by atoms with E-state index >= 15 is 0 Å². The standard InChI is InChI=1S/C15H23NOS/c1-10-6-5-7-15(2,3)14(10)12-8-11(17)9-13(16-4)18-12/h9,12,16H,5-8H2,1-4H3. The molecular weight excluding hydrogens is 242 g/mol. The molecule has 1 aliphatic heterocycles. The largest absolute Gasteiger partial charge is 0.383 e. The number of allylic oxidation sites excluding steroid dienone is 2. The molecule has 1 N–H and O–H groups in total. The Hall–Kier alpha value is -0.700. The van der Waals surface area contributed by atoms with E-state index in [1.807, 2.05) is 18.8 Å². The highest BCUT2D eigenvalue weighted by Crippen LogP contribution is 2.47. The molecule has 0 saturated heterocycles. The van der Waals surface area contributed by atoms with Crippen LogP contribution in [0.4, 0.5) is 0 Å². The lowest BCUT2D eigenvalue weighted by Gasteiger charge is -2.39. The number of rotatable bonds is 2. The molecule has 1 aliphatic carbocycles. The molecule has 3 heteroatoms. The molecule has 0 saturated carbocycles. The highest BCUT2D eigenvalue weighted by Gasteiger charge is 2.36. The Labute approximate surface area is 114 Å². The lowest BCUT2D eigenvalue weighted by atomic mass is 9.71. The molecule has 0 aromatic rings. The van der Waals surface area contributed by atoms with Gasteiger partial charge in [-0.1, -0.05) is 25.0 Å². The zero-order valence-electron chi connectivity index (χ0n) is 11.8. The second-order valence-electron chi connectivity index (χ2n) is 5.97. The fourth-order valence-electron chi connectivity index (χ4n) is 3.26. The highest BCUT2D eigenvalue weighted by molar-refractivity contribution is 8.03. The highest BCUT2D eigenvalue weighted by atomic mass is 32.2. The summed E-state index contributed by atoms with van der Waals surface area (Å²) in [4.78, 5) is 11.9. The number of carbonyl (C=O) groups excluding carboxylic acids is 1. The Morgan fingerprint density at radius 2 is 2.17 bits per heavy atom. The number of hydrogen-bond acceptors (Lipinski definition) is 3. The van der Waals surface area contributed by atoms with Crippen molar-refractivity contribution >= 4 is 17.5 Å². The van der Waals surface area contributed by atoms with Crippen LogP contribution in [-0.2, 0) is 4.79 Å². The average molecular weight is 265 g/mol. The number of thioether (sulfide) groups is 1. The molecule has 0 fully saturated rings. The van der Waals surface area contributed by atoms with E-state index in [0.29, 0.717) is 11.7 Å². The maximum Gasteiger partial charge on any atom is 0.159 e. The Balaban J connectivity index is 2.31. The van der Waals surface area contributed by atoms with Gasteiger partial charge in [0, 0.05) is 24.8 Å². The minimum atomic E-state index is 0.246. The normalized spacial score (nSPS) is 28.1. The Bertz CT molecular complexity index is 420. The molecule has 1 heterocycles. The smallest absolute Gasteiger partial charge is 0.159 e. The topological polar surface area (TPSA) is 29.1 Å². The maximum atomic E-state index is 11.9. The average Bonchev–Trinajstić information content (AvgIpc) is 2.26. The SMILES string of the molecule is CNC1=CC(=O)CC(C2=C(C)CCCC2(C)C)S1. The Kier molecular flexibility index (Phi) is 3.90. The molecule has 1 atom stereocenters. The molecule has 0 amide bonds. The fraction of sp³-hybridized carbons (Fsp3) is 0.667. The summed E-state index contributed by atoms with van der Waals surface area (Å²) in [6, 6.07) is 0. The van der Waals surface area contributed by atoms with Crippen molar-refractivity contribution in [3.63, 3.8) is 0 Å². The predicted molar refractivity (Wildman–Crippen MR) is 78.5 cm³/mol. The van der Waals surface area contributed by atoms with Gasteiger partial charge in [-0.3, -0.25) is 4.79 Å². The minimum Gasteiger partial charge on any atom is -0.383 e. The third kappa shape index (κ3) is 2.66. The first-order valence-electron chi connectivity index (χ1n) is 6.73. The van der Waals surface area contributed by atoms with Gasteiger partial charge in [0.25, 0.3) is 0 Å². The molecule has 100 valence electrons. The van der Waals surface area contributed by atoms with E-state index in [4.69, 9.17) is 0 Å². The van der Waals surface area contributed by atoms with Crippen molar-refractivity contribution < 1.29 is 4.79 Å². The second kappa shape index (κ2) is 5.12. The predicted octanol–water partition coefficient (Wildman–Crippen LogP) is 3.65. The summed E-state index contributed by atoms with van der Waals surface area (Å²) in [5.74, 6) is 0.254. The summed E-state index contributed by atoms with van der Waals surface area (Å²) < 4.78 is 0. The first kappa shape index (κ1) is 13.7. The zero-order chi connectivity index (χ0) is 13.3. The second-order valence-corrected chi connectivity index (χ2v) is 7.21. The van der Waals surface area contributed by atoms with Gasteiger partial charge < -0.3 is 5.32 Å². The third-order valence-corrected chi connectivity index (χ3v) is 5.32. The van der Waals surface area contributed by atoms with Gasteiger partial charge in [-0.25, -0.2) is 0 Å².